The van der Waals surface area contributed by atoms with Crippen molar-refractivity contribution in [2.75, 3.05) is 0 Å². The summed E-state index contributed by atoms with van der Waals surface area (Å²) in [4.78, 5) is 0. The molecular formula is C16H18ClFN2. The van der Waals surface area contributed by atoms with Crippen LogP contribution in [0.1, 0.15) is 30.0 Å². The van der Waals surface area contributed by atoms with Crippen LogP contribution in [0.4, 0.5) is 4.39 Å². The lowest BCUT2D eigenvalue weighted by Gasteiger charge is -2.17. The van der Waals surface area contributed by atoms with Crippen LogP contribution in [0.15, 0.2) is 48.5 Å². The van der Waals surface area contributed by atoms with Crippen molar-refractivity contribution in [3.05, 3.63) is 70.5 Å². The number of benzene rings is 2. The van der Waals surface area contributed by atoms with Crippen molar-refractivity contribution in [3.63, 3.8) is 0 Å². The molecule has 0 heterocycles. The molecule has 20 heavy (non-hydrogen) atoms. The van der Waals surface area contributed by atoms with Gasteiger partial charge >= 0.3 is 0 Å². The van der Waals surface area contributed by atoms with E-state index in [2.05, 4.69) is 17.6 Å². The second kappa shape index (κ2) is 7.39. The highest BCUT2D eigenvalue weighted by atomic mass is 35.5. The van der Waals surface area contributed by atoms with Crippen molar-refractivity contribution in [1.82, 2.24) is 5.43 Å². The quantitative estimate of drug-likeness (QED) is 0.624. The van der Waals surface area contributed by atoms with Crippen LogP contribution in [0.3, 0.4) is 0 Å². The molecule has 2 aromatic rings. The molecule has 1 unspecified atom stereocenters. The summed E-state index contributed by atoms with van der Waals surface area (Å²) in [6.45, 7) is 0. The molecule has 3 N–H and O–H groups in total. The lowest BCUT2D eigenvalue weighted by atomic mass is 9.99. The molecular weight excluding hydrogens is 275 g/mol. The Hall–Kier alpha value is -1.42. The van der Waals surface area contributed by atoms with Crippen LogP contribution in [-0.2, 0) is 6.42 Å². The highest BCUT2D eigenvalue weighted by Gasteiger charge is 2.14. The molecule has 2 nitrogen and oxygen atoms in total. The van der Waals surface area contributed by atoms with Gasteiger partial charge in [0.1, 0.15) is 5.82 Å². The van der Waals surface area contributed by atoms with Gasteiger partial charge < -0.3 is 0 Å². The van der Waals surface area contributed by atoms with Gasteiger partial charge in [-0.2, -0.15) is 0 Å². The molecule has 4 heteroatoms. The number of rotatable bonds is 6. The number of halogens is 2. The minimum atomic E-state index is -0.319. The molecule has 2 rings (SSSR count). The van der Waals surface area contributed by atoms with Gasteiger partial charge in [0.05, 0.1) is 0 Å². The maximum atomic E-state index is 13.9. The molecule has 1 atom stereocenters. The number of hydrazine groups is 1. The highest BCUT2D eigenvalue weighted by molar-refractivity contribution is 6.30. The summed E-state index contributed by atoms with van der Waals surface area (Å²) in [7, 11) is 0. The van der Waals surface area contributed by atoms with Crippen LogP contribution >= 0.6 is 11.6 Å². The van der Waals surface area contributed by atoms with Crippen molar-refractivity contribution in [2.24, 2.45) is 5.84 Å². The Morgan fingerprint density at radius 1 is 1.15 bits per heavy atom. The first-order valence-corrected chi connectivity index (χ1v) is 7.03. The smallest absolute Gasteiger partial charge is 0.129 e. The maximum absolute atomic E-state index is 13.9. The number of aryl methyl sites for hydroxylation is 1. The van der Waals surface area contributed by atoms with E-state index >= 15 is 0 Å². The minimum Gasteiger partial charge on any atom is -0.271 e. The Labute approximate surface area is 123 Å². The van der Waals surface area contributed by atoms with E-state index in [-0.39, 0.29) is 11.9 Å². The zero-order chi connectivity index (χ0) is 14.4. The molecule has 0 radical (unpaired) electrons. The van der Waals surface area contributed by atoms with Gasteiger partial charge in [0.15, 0.2) is 0 Å². The van der Waals surface area contributed by atoms with Gasteiger partial charge in [-0.25, -0.2) is 4.39 Å². The fourth-order valence-corrected chi connectivity index (χ4v) is 2.43. The molecule has 0 aromatic heterocycles. The van der Waals surface area contributed by atoms with E-state index in [9.17, 15) is 4.39 Å². The first-order chi connectivity index (χ1) is 9.70. The third kappa shape index (κ3) is 4.04. The van der Waals surface area contributed by atoms with Gasteiger partial charge in [-0.3, -0.25) is 11.3 Å². The van der Waals surface area contributed by atoms with Crippen LogP contribution in [0.5, 0.6) is 0 Å². The summed E-state index contributed by atoms with van der Waals surface area (Å²) in [6, 6.07) is 14.7. The summed E-state index contributed by atoms with van der Waals surface area (Å²) in [6.07, 6.45) is 2.65. The highest BCUT2D eigenvalue weighted by Crippen LogP contribution is 2.24. The summed E-state index contributed by atoms with van der Waals surface area (Å²) < 4.78 is 13.9. The van der Waals surface area contributed by atoms with Crippen LogP contribution in [0, 0.1) is 5.82 Å². The van der Waals surface area contributed by atoms with E-state index in [1.165, 1.54) is 11.6 Å². The monoisotopic (exact) mass is 292 g/mol. The van der Waals surface area contributed by atoms with Gasteiger partial charge in [-0.15, -0.1) is 0 Å². The zero-order valence-electron chi connectivity index (χ0n) is 11.2. The van der Waals surface area contributed by atoms with E-state index in [4.69, 9.17) is 17.4 Å². The van der Waals surface area contributed by atoms with Crippen molar-refractivity contribution in [1.29, 1.82) is 0 Å². The Bertz CT molecular complexity index is 545. The maximum Gasteiger partial charge on any atom is 0.129 e. The van der Waals surface area contributed by atoms with Gasteiger partial charge in [0.2, 0.25) is 0 Å². The second-order valence-corrected chi connectivity index (χ2v) is 5.20. The second-order valence-electron chi connectivity index (χ2n) is 4.76. The summed E-state index contributed by atoms with van der Waals surface area (Å²) in [5.74, 6) is 5.22. The Balaban J connectivity index is 1.95. The minimum absolute atomic E-state index is 0.198. The third-order valence-corrected chi connectivity index (χ3v) is 3.58. The fraction of sp³-hybridized carbons (Fsp3) is 0.250. The van der Waals surface area contributed by atoms with Crippen LogP contribution in [-0.4, -0.2) is 0 Å². The van der Waals surface area contributed by atoms with E-state index in [1.54, 1.807) is 12.1 Å². The molecule has 2 aromatic carbocycles. The Kier molecular flexibility index (Phi) is 5.53. The largest absolute Gasteiger partial charge is 0.271 e. The molecule has 0 amide bonds. The first-order valence-electron chi connectivity index (χ1n) is 6.65. The van der Waals surface area contributed by atoms with Crippen LogP contribution < -0.4 is 11.3 Å². The molecule has 0 aliphatic heterocycles. The SMILES string of the molecule is NNC(CCCc1ccccc1)c1ccc(Cl)cc1F. The standard InChI is InChI=1S/C16H18ClFN2/c17-13-9-10-14(15(18)11-13)16(20-19)8-4-7-12-5-2-1-3-6-12/h1-3,5-6,9-11,16,20H,4,7-8,19H2. The number of hydrogen-bond acceptors (Lipinski definition) is 2. The van der Waals surface area contributed by atoms with Gasteiger partial charge in [-0.05, 0) is 37.0 Å². The summed E-state index contributed by atoms with van der Waals surface area (Å²) in [5, 5.41) is 0.395. The van der Waals surface area contributed by atoms with E-state index in [1.807, 2.05) is 18.2 Å². The third-order valence-electron chi connectivity index (χ3n) is 3.34. The normalized spacial score (nSPS) is 12.3. The van der Waals surface area contributed by atoms with Crippen molar-refractivity contribution < 1.29 is 4.39 Å². The Morgan fingerprint density at radius 3 is 2.55 bits per heavy atom. The summed E-state index contributed by atoms with van der Waals surface area (Å²) in [5.41, 5.74) is 4.52. The lowest BCUT2D eigenvalue weighted by Crippen LogP contribution is -2.28. The summed E-state index contributed by atoms with van der Waals surface area (Å²) >= 11 is 5.76. The molecule has 0 aliphatic carbocycles. The number of nitrogens with two attached hydrogens (primary N) is 1. The Morgan fingerprint density at radius 2 is 1.90 bits per heavy atom. The molecule has 0 saturated carbocycles. The van der Waals surface area contributed by atoms with Crippen LogP contribution in [0.25, 0.3) is 0 Å². The lowest BCUT2D eigenvalue weighted by molar-refractivity contribution is 0.472. The average Bonchev–Trinajstić information content (AvgIpc) is 2.46. The van der Waals surface area contributed by atoms with Gasteiger partial charge in [0.25, 0.3) is 0 Å². The topological polar surface area (TPSA) is 38.0 Å². The van der Waals surface area contributed by atoms with Crippen molar-refractivity contribution in [2.45, 2.75) is 25.3 Å². The van der Waals surface area contributed by atoms with Gasteiger partial charge in [-0.1, -0.05) is 48.0 Å². The molecule has 0 bridgehead atoms. The molecule has 0 fully saturated rings. The molecule has 0 spiro atoms. The van der Waals surface area contributed by atoms with E-state index in [0.717, 1.165) is 19.3 Å². The predicted octanol–water partition coefficient (Wildman–Crippen LogP) is 4.01. The number of nitrogens with one attached hydrogen (secondary N) is 1. The average molecular weight is 293 g/mol. The van der Waals surface area contributed by atoms with E-state index in [0.29, 0.717) is 10.6 Å². The van der Waals surface area contributed by atoms with E-state index < -0.39 is 0 Å². The van der Waals surface area contributed by atoms with Crippen molar-refractivity contribution in [3.8, 4) is 0 Å². The zero-order valence-corrected chi connectivity index (χ0v) is 11.9. The van der Waals surface area contributed by atoms with Gasteiger partial charge in [0, 0.05) is 16.6 Å². The van der Waals surface area contributed by atoms with Crippen LogP contribution in [0.2, 0.25) is 5.02 Å². The van der Waals surface area contributed by atoms with Crippen molar-refractivity contribution >= 4 is 11.6 Å². The number of hydrogen-bond donors (Lipinski definition) is 2. The first kappa shape index (κ1) is 15.0. The molecule has 0 saturated heterocycles. The fourth-order valence-electron chi connectivity index (χ4n) is 2.27. The molecule has 106 valence electrons. The molecule has 0 aliphatic rings. The predicted molar refractivity (Wildman–Crippen MR) is 80.9 cm³/mol.